The largest absolute Gasteiger partial charge is 0.244 e. The average Bonchev–Trinajstić information content (AvgIpc) is 2.47. The zero-order chi connectivity index (χ0) is 7.68. The standard InChI is InChI=1S/C7H4N4/c1-2-11-7-6(4-10-11)3-8-5-9-7/h1,3-5H. The van der Waals surface area contributed by atoms with Gasteiger partial charge in [-0.25, -0.2) is 9.97 Å². The molecule has 11 heavy (non-hydrogen) atoms. The van der Waals surface area contributed by atoms with Gasteiger partial charge < -0.3 is 0 Å². The second-order valence-electron chi connectivity index (χ2n) is 1.99. The van der Waals surface area contributed by atoms with Gasteiger partial charge in [-0.2, -0.15) is 9.78 Å². The average molecular weight is 144 g/mol. The van der Waals surface area contributed by atoms with Gasteiger partial charge in [-0.05, 0) is 0 Å². The Hall–Kier alpha value is -1.89. The van der Waals surface area contributed by atoms with Crippen LogP contribution in [0.5, 0.6) is 0 Å². The van der Waals surface area contributed by atoms with Gasteiger partial charge in [0.2, 0.25) is 0 Å². The fourth-order valence-corrected chi connectivity index (χ4v) is 0.871. The zero-order valence-corrected chi connectivity index (χ0v) is 5.60. The fraction of sp³-hybridized carbons (Fsp3) is 0. The first-order valence-corrected chi connectivity index (χ1v) is 3.02. The van der Waals surface area contributed by atoms with Gasteiger partial charge in [0.1, 0.15) is 6.33 Å². The Balaban J connectivity index is 2.89. The minimum absolute atomic E-state index is 0.669. The molecule has 0 saturated heterocycles. The van der Waals surface area contributed by atoms with E-state index < -0.39 is 0 Å². The summed E-state index contributed by atoms with van der Waals surface area (Å²) in [6.07, 6.45) is 9.90. The maximum atomic E-state index is 5.15. The highest BCUT2D eigenvalue weighted by Crippen LogP contribution is 2.05. The summed E-state index contributed by atoms with van der Waals surface area (Å²) >= 11 is 0. The van der Waals surface area contributed by atoms with Crippen LogP contribution in [0.25, 0.3) is 11.0 Å². The lowest BCUT2D eigenvalue weighted by atomic mass is 10.4. The summed E-state index contributed by atoms with van der Waals surface area (Å²) in [5.41, 5.74) is 0.669. The normalized spacial score (nSPS) is 9.73. The van der Waals surface area contributed by atoms with Gasteiger partial charge >= 0.3 is 0 Å². The molecule has 0 aromatic carbocycles. The molecule has 0 fully saturated rings. The van der Waals surface area contributed by atoms with Crippen LogP contribution in [0.3, 0.4) is 0 Å². The lowest BCUT2D eigenvalue weighted by molar-refractivity contribution is 0.931. The van der Waals surface area contributed by atoms with E-state index in [0.717, 1.165) is 5.39 Å². The Morgan fingerprint density at radius 2 is 2.36 bits per heavy atom. The van der Waals surface area contributed by atoms with Crippen molar-refractivity contribution in [3.8, 4) is 12.5 Å². The molecule has 0 N–H and O–H groups in total. The molecule has 2 aromatic heterocycles. The smallest absolute Gasteiger partial charge is 0.175 e. The highest BCUT2D eigenvalue weighted by Gasteiger charge is 1.98. The number of nitrogens with zero attached hydrogens (tertiary/aromatic N) is 4. The molecular weight excluding hydrogens is 140 g/mol. The second kappa shape index (κ2) is 2.06. The summed E-state index contributed by atoms with van der Waals surface area (Å²) in [6.45, 7) is 0. The third-order valence-electron chi connectivity index (χ3n) is 1.35. The molecule has 0 aliphatic rings. The number of fused-ring (bicyclic) bond motifs is 1. The number of hydrogen-bond donors (Lipinski definition) is 0. The van der Waals surface area contributed by atoms with Crippen LogP contribution in [0.1, 0.15) is 0 Å². The number of hydrogen-bond acceptors (Lipinski definition) is 3. The van der Waals surface area contributed by atoms with Crippen molar-refractivity contribution in [3.63, 3.8) is 0 Å². The topological polar surface area (TPSA) is 43.6 Å². The molecule has 0 atom stereocenters. The molecule has 0 bridgehead atoms. The molecule has 0 spiro atoms. The van der Waals surface area contributed by atoms with E-state index in [-0.39, 0.29) is 0 Å². The third-order valence-corrected chi connectivity index (χ3v) is 1.35. The first-order chi connectivity index (χ1) is 5.42. The van der Waals surface area contributed by atoms with Gasteiger partial charge in [-0.1, -0.05) is 6.42 Å². The van der Waals surface area contributed by atoms with Gasteiger partial charge in [0.15, 0.2) is 5.65 Å². The highest BCUT2D eigenvalue weighted by atomic mass is 15.3. The van der Waals surface area contributed by atoms with Crippen molar-refractivity contribution >= 4 is 11.0 Å². The molecule has 0 radical (unpaired) electrons. The fourth-order valence-electron chi connectivity index (χ4n) is 0.871. The summed E-state index contributed by atoms with van der Waals surface area (Å²) in [6, 6.07) is 2.37. The maximum absolute atomic E-state index is 5.15. The number of rotatable bonds is 0. The van der Waals surface area contributed by atoms with Crippen molar-refractivity contribution in [3.05, 3.63) is 18.7 Å². The lowest BCUT2D eigenvalue weighted by Gasteiger charge is -1.87. The molecule has 52 valence electrons. The Morgan fingerprint density at radius 1 is 1.45 bits per heavy atom. The van der Waals surface area contributed by atoms with Crippen LogP contribution >= 0.6 is 0 Å². The van der Waals surface area contributed by atoms with E-state index in [4.69, 9.17) is 6.42 Å². The van der Waals surface area contributed by atoms with Crippen LogP contribution in [0, 0.1) is 12.5 Å². The van der Waals surface area contributed by atoms with E-state index in [9.17, 15) is 0 Å². The summed E-state index contributed by atoms with van der Waals surface area (Å²) < 4.78 is 1.37. The van der Waals surface area contributed by atoms with Crippen LogP contribution in [-0.2, 0) is 0 Å². The van der Waals surface area contributed by atoms with Crippen LogP contribution in [0.15, 0.2) is 18.7 Å². The third kappa shape index (κ3) is 0.749. The molecule has 0 unspecified atom stereocenters. The van der Waals surface area contributed by atoms with Gasteiger partial charge in [0.25, 0.3) is 0 Å². The molecule has 0 amide bonds. The molecule has 0 saturated carbocycles. The number of aromatic nitrogens is 4. The molecule has 0 aliphatic heterocycles. The Morgan fingerprint density at radius 3 is 3.18 bits per heavy atom. The van der Waals surface area contributed by atoms with E-state index in [1.54, 1.807) is 12.4 Å². The van der Waals surface area contributed by atoms with E-state index in [1.807, 2.05) is 0 Å². The van der Waals surface area contributed by atoms with Crippen molar-refractivity contribution < 1.29 is 0 Å². The lowest BCUT2D eigenvalue weighted by Crippen LogP contribution is -1.91. The first-order valence-electron chi connectivity index (χ1n) is 3.02. The summed E-state index contributed by atoms with van der Waals surface area (Å²) in [4.78, 5) is 7.79. The van der Waals surface area contributed by atoms with Crippen molar-refractivity contribution in [2.45, 2.75) is 0 Å². The quantitative estimate of drug-likeness (QED) is 0.498. The molecule has 4 nitrogen and oxygen atoms in total. The monoisotopic (exact) mass is 144 g/mol. The Kier molecular flexibility index (Phi) is 1.10. The first kappa shape index (κ1) is 5.86. The van der Waals surface area contributed by atoms with Crippen molar-refractivity contribution in [2.75, 3.05) is 0 Å². The van der Waals surface area contributed by atoms with Crippen LogP contribution < -0.4 is 0 Å². The van der Waals surface area contributed by atoms with E-state index >= 15 is 0 Å². The molecule has 4 heteroatoms. The zero-order valence-electron chi connectivity index (χ0n) is 5.60. The molecule has 0 aliphatic carbocycles. The van der Waals surface area contributed by atoms with Crippen molar-refractivity contribution in [1.82, 2.24) is 19.7 Å². The van der Waals surface area contributed by atoms with Crippen LogP contribution in [0.2, 0.25) is 0 Å². The van der Waals surface area contributed by atoms with Gasteiger partial charge in [0.05, 0.1) is 11.6 Å². The molecular formula is C7H4N4. The Bertz CT molecular complexity index is 423. The van der Waals surface area contributed by atoms with E-state index in [0.29, 0.717) is 5.65 Å². The predicted octanol–water partition coefficient (Wildman–Crippen LogP) is 0.265. The minimum Gasteiger partial charge on any atom is -0.244 e. The van der Waals surface area contributed by atoms with Crippen LogP contribution in [-0.4, -0.2) is 19.7 Å². The summed E-state index contributed by atoms with van der Waals surface area (Å²) in [5, 5.41) is 4.74. The number of terminal acetylenes is 1. The minimum atomic E-state index is 0.669. The van der Waals surface area contributed by atoms with Gasteiger partial charge in [-0.3, -0.25) is 0 Å². The molecule has 2 rings (SSSR count). The SMILES string of the molecule is C#Cn1ncc2cncnc21. The Labute approximate surface area is 62.9 Å². The molecule has 2 heterocycles. The highest BCUT2D eigenvalue weighted by molar-refractivity contribution is 5.73. The van der Waals surface area contributed by atoms with Gasteiger partial charge in [0, 0.05) is 12.2 Å². The predicted molar refractivity (Wildman–Crippen MR) is 39.6 cm³/mol. The molecule has 2 aromatic rings. The van der Waals surface area contributed by atoms with Gasteiger partial charge in [-0.15, -0.1) is 0 Å². The van der Waals surface area contributed by atoms with E-state index in [1.165, 1.54) is 11.0 Å². The second-order valence-corrected chi connectivity index (χ2v) is 1.99. The summed E-state index contributed by atoms with van der Waals surface area (Å²) in [5.74, 6) is 0. The van der Waals surface area contributed by atoms with E-state index in [2.05, 4.69) is 21.1 Å². The van der Waals surface area contributed by atoms with Crippen molar-refractivity contribution in [1.29, 1.82) is 0 Å². The summed E-state index contributed by atoms with van der Waals surface area (Å²) in [7, 11) is 0. The van der Waals surface area contributed by atoms with Crippen molar-refractivity contribution in [2.24, 2.45) is 0 Å². The maximum Gasteiger partial charge on any atom is 0.175 e. The van der Waals surface area contributed by atoms with Crippen LogP contribution in [0.4, 0.5) is 0 Å².